The third-order valence-corrected chi connectivity index (χ3v) is 10.8. The van der Waals surface area contributed by atoms with Crippen LogP contribution in [0, 0.1) is 22.7 Å². The van der Waals surface area contributed by atoms with Crippen LogP contribution in [-0.2, 0) is 0 Å². The molecular formula is C43H44N14O2. The highest BCUT2D eigenvalue weighted by Gasteiger charge is 2.34. The smallest absolute Gasteiger partial charge is 0.256 e. The number of amides is 2. The van der Waals surface area contributed by atoms with Gasteiger partial charge in [0, 0.05) is 56.7 Å². The number of carbonyl (C=O) groups excluding carboxylic acids is 2. The number of anilines is 2. The lowest BCUT2D eigenvalue weighted by atomic mass is 9.97. The Labute approximate surface area is 342 Å². The van der Waals surface area contributed by atoms with Crippen LogP contribution in [0.15, 0.2) is 110 Å². The normalized spacial score (nSPS) is 18.7. The highest BCUT2D eigenvalue weighted by molar-refractivity contribution is 5.98. The van der Waals surface area contributed by atoms with E-state index in [9.17, 15) is 14.9 Å². The van der Waals surface area contributed by atoms with Gasteiger partial charge in [-0.2, -0.15) is 40.5 Å². The molecule has 8 rings (SSSR count). The molecule has 0 saturated carbocycles. The van der Waals surface area contributed by atoms with Crippen molar-refractivity contribution in [3.05, 3.63) is 132 Å². The van der Waals surface area contributed by atoms with E-state index in [1.807, 2.05) is 65.4 Å². The number of hydrogen-bond donors (Lipinski definition) is 1. The minimum atomic E-state index is -0.0457. The molecule has 2 amide bonds. The van der Waals surface area contributed by atoms with E-state index in [0.717, 1.165) is 31.5 Å². The van der Waals surface area contributed by atoms with Crippen molar-refractivity contribution in [1.29, 1.82) is 10.5 Å². The minimum absolute atomic E-state index is 0.0350. The zero-order valence-electron chi connectivity index (χ0n) is 33.1. The van der Waals surface area contributed by atoms with Crippen molar-refractivity contribution in [2.75, 3.05) is 30.4 Å². The van der Waals surface area contributed by atoms with Crippen molar-refractivity contribution in [3.63, 3.8) is 0 Å². The average molecular weight is 789 g/mol. The van der Waals surface area contributed by atoms with E-state index >= 15 is 0 Å². The van der Waals surface area contributed by atoms with Gasteiger partial charge in [-0.1, -0.05) is 24.3 Å². The van der Waals surface area contributed by atoms with E-state index in [-0.39, 0.29) is 36.0 Å². The number of para-hydroxylation sites is 2. The first kappa shape index (κ1) is 39.8. The Balaban J connectivity index is 0.000000179. The fourth-order valence-electron chi connectivity index (χ4n) is 7.50. The molecule has 0 bridgehead atoms. The number of aromatic nitrogens is 8. The number of benzene rings is 2. The van der Waals surface area contributed by atoms with Gasteiger partial charge in [0.1, 0.15) is 11.6 Å². The highest BCUT2D eigenvalue weighted by atomic mass is 16.2. The predicted octanol–water partition coefficient (Wildman–Crippen LogP) is 5.30. The van der Waals surface area contributed by atoms with Gasteiger partial charge in [0.05, 0.1) is 70.6 Å². The minimum Gasteiger partial charge on any atom is -0.366 e. The predicted molar refractivity (Wildman–Crippen MR) is 220 cm³/mol. The number of nitrogens with zero attached hydrogens (tertiary/aromatic N) is 13. The third kappa shape index (κ3) is 9.08. The number of likely N-dealkylation sites (tertiary alicyclic amines) is 2. The molecule has 4 aromatic heterocycles. The van der Waals surface area contributed by atoms with Gasteiger partial charge in [0.25, 0.3) is 11.8 Å². The second-order valence-electron chi connectivity index (χ2n) is 14.6. The maximum Gasteiger partial charge on any atom is 0.256 e. The Morgan fingerprint density at radius 1 is 0.661 bits per heavy atom. The first-order chi connectivity index (χ1) is 28.7. The number of hydrogen-bond acceptors (Lipinski definition) is 12. The quantitative estimate of drug-likeness (QED) is 0.210. The summed E-state index contributed by atoms with van der Waals surface area (Å²) in [6.07, 6.45) is 13.3. The average Bonchev–Trinajstić information content (AvgIpc) is 4.03. The summed E-state index contributed by atoms with van der Waals surface area (Å²) in [5, 5.41) is 38.3. The number of nitriles is 2. The summed E-state index contributed by atoms with van der Waals surface area (Å²) >= 11 is 0. The largest absolute Gasteiger partial charge is 0.366 e. The zero-order valence-corrected chi connectivity index (χ0v) is 33.1. The van der Waals surface area contributed by atoms with E-state index in [0.29, 0.717) is 52.5 Å². The fourth-order valence-corrected chi connectivity index (χ4v) is 7.50. The van der Waals surface area contributed by atoms with E-state index in [2.05, 4.69) is 66.6 Å². The van der Waals surface area contributed by atoms with Crippen molar-refractivity contribution in [3.8, 4) is 23.5 Å². The first-order valence-electron chi connectivity index (χ1n) is 19.5. The van der Waals surface area contributed by atoms with Crippen LogP contribution in [0.4, 0.5) is 11.6 Å². The van der Waals surface area contributed by atoms with Crippen molar-refractivity contribution < 1.29 is 9.59 Å². The van der Waals surface area contributed by atoms with Gasteiger partial charge in [-0.3, -0.25) is 9.59 Å². The topological polar surface area (TPSA) is 191 Å². The molecule has 2 aromatic carbocycles. The molecule has 0 radical (unpaired) electrons. The van der Waals surface area contributed by atoms with Crippen LogP contribution in [0.25, 0.3) is 11.4 Å². The summed E-state index contributed by atoms with van der Waals surface area (Å²) in [6, 6.07) is 26.3. The lowest BCUT2D eigenvalue weighted by Gasteiger charge is -2.42. The van der Waals surface area contributed by atoms with Crippen LogP contribution in [-0.4, -0.2) is 106 Å². The van der Waals surface area contributed by atoms with Gasteiger partial charge in [-0.25, -0.2) is 9.97 Å². The molecule has 16 heteroatoms. The second kappa shape index (κ2) is 18.2. The fraction of sp³-hybridized carbons (Fsp3) is 0.302. The van der Waals surface area contributed by atoms with Crippen LogP contribution < -0.4 is 10.2 Å². The van der Waals surface area contributed by atoms with E-state index in [4.69, 9.17) is 5.26 Å². The lowest BCUT2D eigenvalue weighted by molar-refractivity contribution is 0.0606. The molecule has 2 fully saturated rings. The maximum absolute atomic E-state index is 13.5. The van der Waals surface area contributed by atoms with Crippen molar-refractivity contribution in [2.24, 2.45) is 0 Å². The van der Waals surface area contributed by atoms with E-state index < -0.39 is 0 Å². The monoisotopic (exact) mass is 788 g/mol. The summed E-state index contributed by atoms with van der Waals surface area (Å²) in [7, 11) is 1.97. The lowest BCUT2D eigenvalue weighted by Crippen LogP contribution is -2.52. The Kier molecular flexibility index (Phi) is 12.3. The molecule has 0 unspecified atom stereocenters. The Morgan fingerprint density at radius 2 is 1.17 bits per heavy atom. The number of nitrogens with one attached hydrogen (secondary N) is 1. The molecule has 59 heavy (non-hydrogen) atoms. The molecule has 0 spiro atoms. The summed E-state index contributed by atoms with van der Waals surface area (Å²) in [5.41, 5.74) is 3.60. The zero-order chi connectivity index (χ0) is 41.3. The van der Waals surface area contributed by atoms with Crippen LogP contribution >= 0.6 is 0 Å². The molecule has 6 aromatic rings. The van der Waals surface area contributed by atoms with Gasteiger partial charge in [0.15, 0.2) is 0 Å². The summed E-state index contributed by atoms with van der Waals surface area (Å²) in [6.45, 7) is 5.28. The molecule has 298 valence electrons. The number of rotatable bonds is 8. The molecule has 0 aliphatic carbocycles. The highest BCUT2D eigenvalue weighted by Crippen LogP contribution is 2.27. The van der Waals surface area contributed by atoms with Gasteiger partial charge >= 0.3 is 0 Å². The molecule has 2 saturated heterocycles. The molecular weight excluding hydrogens is 745 g/mol. The second-order valence-corrected chi connectivity index (χ2v) is 14.6. The number of carbonyl (C=O) groups is 2. The molecule has 16 nitrogen and oxygen atoms in total. The molecule has 2 aliphatic heterocycles. The SMILES string of the molecule is C[C@@H]1CC[C@@H](N(C)c2cc(C#N)ccn2)CN1C(=O)c1ccccc1-n1nccn1.C[C@@H]1CC[C@@H](Nc2cc(C#N)ccn2)CN1C(=O)c1ccccc1-n1nccn1. The summed E-state index contributed by atoms with van der Waals surface area (Å²) in [5.74, 6) is 1.31. The van der Waals surface area contributed by atoms with Crippen LogP contribution in [0.1, 0.15) is 71.4 Å². The van der Waals surface area contributed by atoms with E-state index in [1.165, 1.54) is 9.59 Å². The summed E-state index contributed by atoms with van der Waals surface area (Å²) in [4.78, 5) is 44.4. The van der Waals surface area contributed by atoms with Crippen LogP contribution in [0.3, 0.4) is 0 Å². The van der Waals surface area contributed by atoms with Gasteiger partial charge in [-0.05, 0) is 88.1 Å². The van der Waals surface area contributed by atoms with Crippen molar-refractivity contribution in [2.45, 2.75) is 63.7 Å². The van der Waals surface area contributed by atoms with Crippen LogP contribution in [0.5, 0.6) is 0 Å². The van der Waals surface area contributed by atoms with Gasteiger partial charge < -0.3 is 20.0 Å². The van der Waals surface area contributed by atoms with Gasteiger partial charge in [0.2, 0.25) is 0 Å². The third-order valence-electron chi connectivity index (χ3n) is 10.8. The summed E-state index contributed by atoms with van der Waals surface area (Å²) < 4.78 is 0. The first-order valence-corrected chi connectivity index (χ1v) is 19.5. The number of pyridine rings is 2. The molecule has 1 N–H and O–H groups in total. The standard InChI is InChI=1S/C22H23N7O.C21H21N7O/c1-16-7-8-18(27(2)21-13-17(14-23)9-10-24-21)15-28(16)22(30)19-5-3-4-6-20(19)29-25-11-12-26-29;1-15-6-7-17(26-20-12-16(13-22)8-9-23-20)14-27(15)21(29)18-4-2-3-5-19(18)28-24-10-11-25-28/h3-6,9-13,16,18H,7-8,15H2,1-2H3;2-5,8-12,15,17H,6-7,14H2,1H3,(H,23,26)/t16-,18-;15-,17-/m11/s1. The van der Waals surface area contributed by atoms with E-state index in [1.54, 1.807) is 61.4 Å². The van der Waals surface area contributed by atoms with Crippen LogP contribution in [0.2, 0.25) is 0 Å². The Hall–Kier alpha value is -7.46. The Morgan fingerprint density at radius 3 is 1.75 bits per heavy atom. The number of piperidine rings is 2. The van der Waals surface area contributed by atoms with Crippen molar-refractivity contribution >= 4 is 23.5 Å². The van der Waals surface area contributed by atoms with Gasteiger partial charge in [-0.15, -0.1) is 0 Å². The molecule has 2 aliphatic rings. The van der Waals surface area contributed by atoms with Crippen molar-refractivity contribution in [1.82, 2.24) is 49.8 Å². The maximum atomic E-state index is 13.5. The molecule has 4 atom stereocenters. The number of likely N-dealkylation sites (N-methyl/N-ethyl adjacent to an activating group) is 1. The Bertz CT molecular complexity index is 2460. The molecule has 6 heterocycles.